The minimum Gasteiger partial charge on any atom is -0.288 e. The maximum atomic E-state index is 12.1. The Morgan fingerprint density at radius 2 is 2.12 bits per heavy atom. The summed E-state index contributed by atoms with van der Waals surface area (Å²) < 4.78 is 1.62. The number of thiazole rings is 1. The number of anilines is 1. The number of hydrogen-bond acceptors (Lipinski definition) is 6. The average molecular weight is 391 g/mol. The number of carbonyl (C=O) groups is 1. The Kier molecular flexibility index (Phi) is 4.08. The molecule has 0 aliphatic heterocycles. The van der Waals surface area contributed by atoms with Gasteiger partial charge in [-0.25, -0.2) is 9.50 Å². The number of halogens is 2. The van der Waals surface area contributed by atoms with Gasteiger partial charge in [-0.3, -0.25) is 15.1 Å². The molecular weight excluding hydrogens is 383 g/mol. The van der Waals surface area contributed by atoms with E-state index in [-0.39, 0.29) is 11.6 Å². The van der Waals surface area contributed by atoms with Gasteiger partial charge in [-0.1, -0.05) is 23.2 Å². The summed E-state index contributed by atoms with van der Waals surface area (Å²) in [6.07, 6.45) is 4.30. The van der Waals surface area contributed by atoms with Gasteiger partial charge in [-0.2, -0.15) is 4.98 Å². The first kappa shape index (κ1) is 15.9. The number of nitrogens with one attached hydrogen (secondary N) is 1. The SMILES string of the molecule is O=C(Nc1nc2scc(-c3ccc(Cl)cc3Cl)n2n1)c1cnccn1. The molecule has 0 atom stereocenters. The monoisotopic (exact) mass is 390 g/mol. The van der Waals surface area contributed by atoms with Crippen LogP contribution in [-0.4, -0.2) is 30.5 Å². The lowest BCUT2D eigenvalue weighted by Gasteiger charge is -2.02. The normalized spacial score (nSPS) is 11.0. The van der Waals surface area contributed by atoms with Crippen molar-refractivity contribution in [2.24, 2.45) is 0 Å². The summed E-state index contributed by atoms with van der Waals surface area (Å²) in [4.78, 5) is 24.8. The smallest absolute Gasteiger partial charge is 0.278 e. The zero-order chi connectivity index (χ0) is 17.4. The standard InChI is InChI=1S/C15H8Cl2N6OS/c16-8-1-2-9(10(17)5-8)12-7-25-15-21-14(22-23(12)15)20-13(24)11-6-18-3-4-19-11/h1-7H,(H,20,22,24). The van der Waals surface area contributed by atoms with Crippen LogP contribution in [0.1, 0.15) is 10.5 Å². The first-order valence-corrected chi connectivity index (χ1v) is 8.62. The van der Waals surface area contributed by atoms with Crippen LogP contribution in [0.3, 0.4) is 0 Å². The van der Waals surface area contributed by atoms with Crippen molar-refractivity contribution in [1.82, 2.24) is 24.6 Å². The third-order valence-corrected chi connectivity index (χ3v) is 4.67. The molecule has 0 aliphatic rings. The first-order chi connectivity index (χ1) is 12.1. The predicted octanol–water partition coefficient (Wildman–Crippen LogP) is 3.81. The van der Waals surface area contributed by atoms with Crippen LogP contribution in [0.5, 0.6) is 0 Å². The number of carbonyl (C=O) groups excluding carboxylic acids is 1. The highest BCUT2D eigenvalue weighted by molar-refractivity contribution is 7.15. The maximum Gasteiger partial charge on any atom is 0.278 e. The molecule has 4 rings (SSSR count). The van der Waals surface area contributed by atoms with Gasteiger partial charge < -0.3 is 0 Å². The van der Waals surface area contributed by atoms with Crippen molar-refractivity contribution in [3.8, 4) is 11.3 Å². The van der Waals surface area contributed by atoms with Crippen LogP contribution in [0.25, 0.3) is 16.2 Å². The Labute approximate surface area is 155 Å². The number of fused-ring (bicyclic) bond motifs is 1. The molecule has 0 spiro atoms. The number of hydrogen-bond donors (Lipinski definition) is 1. The highest BCUT2D eigenvalue weighted by Crippen LogP contribution is 2.33. The molecule has 1 aromatic carbocycles. The fraction of sp³-hybridized carbons (Fsp3) is 0. The molecule has 0 unspecified atom stereocenters. The molecule has 10 heteroatoms. The van der Waals surface area contributed by atoms with Crippen molar-refractivity contribution in [2.75, 3.05) is 5.32 Å². The molecule has 0 bridgehead atoms. The minimum absolute atomic E-state index is 0.175. The number of benzene rings is 1. The third kappa shape index (κ3) is 3.07. The van der Waals surface area contributed by atoms with E-state index in [1.807, 2.05) is 11.4 Å². The van der Waals surface area contributed by atoms with Gasteiger partial charge >= 0.3 is 0 Å². The van der Waals surface area contributed by atoms with Crippen molar-refractivity contribution >= 4 is 51.4 Å². The molecule has 25 heavy (non-hydrogen) atoms. The summed E-state index contributed by atoms with van der Waals surface area (Å²) >= 11 is 13.6. The Morgan fingerprint density at radius 3 is 2.88 bits per heavy atom. The minimum atomic E-state index is -0.433. The van der Waals surface area contributed by atoms with Crippen molar-refractivity contribution in [2.45, 2.75) is 0 Å². The lowest BCUT2D eigenvalue weighted by Crippen LogP contribution is -2.14. The van der Waals surface area contributed by atoms with Crippen LogP contribution < -0.4 is 5.32 Å². The van der Waals surface area contributed by atoms with E-state index in [9.17, 15) is 4.79 Å². The molecule has 124 valence electrons. The molecule has 4 aromatic rings. The van der Waals surface area contributed by atoms with Gasteiger partial charge in [-0.05, 0) is 18.2 Å². The fourth-order valence-electron chi connectivity index (χ4n) is 2.20. The average Bonchev–Trinajstić information content (AvgIpc) is 3.16. The van der Waals surface area contributed by atoms with Crippen LogP contribution in [0, 0.1) is 0 Å². The summed E-state index contributed by atoms with van der Waals surface area (Å²) in [5.41, 5.74) is 1.71. The fourth-order valence-corrected chi connectivity index (χ4v) is 3.53. The Morgan fingerprint density at radius 1 is 1.24 bits per heavy atom. The van der Waals surface area contributed by atoms with Gasteiger partial charge in [0.25, 0.3) is 11.9 Å². The van der Waals surface area contributed by atoms with E-state index >= 15 is 0 Å². The summed E-state index contributed by atoms with van der Waals surface area (Å²) in [6.45, 7) is 0. The molecule has 3 aromatic heterocycles. The third-order valence-electron chi connectivity index (χ3n) is 3.31. The van der Waals surface area contributed by atoms with Gasteiger partial charge in [-0.15, -0.1) is 16.4 Å². The van der Waals surface area contributed by atoms with E-state index in [4.69, 9.17) is 23.2 Å². The maximum absolute atomic E-state index is 12.1. The van der Waals surface area contributed by atoms with Gasteiger partial charge in [0.15, 0.2) is 0 Å². The van der Waals surface area contributed by atoms with Crippen LogP contribution in [0.2, 0.25) is 10.0 Å². The molecule has 1 amide bonds. The van der Waals surface area contributed by atoms with Crippen molar-refractivity contribution < 1.29 is 4.79 Å². The summed E-state index contributed by atoms with van der Waals surface area (Å²) in [7, 11) is 0. The summed E-state index contributed by atoms with van der Waals surface area (Å²) in [5.74, 6) is -0.258. The topological polar surface area (TPSA) is 85.1 Å². The van der Waals surface area contributed by atoms with Crippen LogP contribution in [0.4, 0.5) is 5.95 Å². The number of amides is 1. The van der Waals surface area contributed by atoms with E-state index in [0.717, 1.165) is 11.3 Å². The van der Waals surface area contributed by atoms with E-state index < -0.39 is 5.91 Å². The summed E-state index contributed by atoms with van der Waals surface area (Å²) in [6, 6.07) is 5.22. The van der Waals surface area contributed by atoms with Gasteiger partial charge in [0.1, 0.15) is 5.69 Å². The highest BCUT2D eigenvalue weighted by Gasteiger charge is 2.16. The van der Waals surface area contributed by atoms with Crippen molar-refractivity contribution in [3.63, 3.8) is 0 Å². The van der Waals surface area contributed by atoms with E-state index in [2.05, 4.69) is 25.4 Å². The molecule has 7 nitrogen and oxygen atoms in total. The predicted molar refractivity (Wildman–Crippen MR) is 96.3 cm³/mol. The molecule has 0 aliphatic carbocycles. The second-order valence-electron chi connectivity index (χ2n) is 4.92. The summed E-state index contributed by atoms with van der Waals surface area (Å²) in [5, 5.41) is 9.87. The molecule has 0 radical (unpaired) electrons. The van der Waals surface area contributed by atoms with Gasteiger partial charge in [0, 0.05) is 28.4 Å². The Hall–Kier alpha value is -2.55. The zero-order valence-corrected chi connectivity index (χ0v) is 14.7. The Balaban J connectivity index is 1.68. The lowest BCUT2D eigenvalue weighted by atomic mass is 10.2. The largest absolute Gasteiger partial charge is 0.288 e. The van der Waals surface area contributed by atoms with Crippen LogP contribution in [0.15, 0.2) is 42.2 Å². The Bertz CT molecular complexity index is 1080. The lowest BCUT2D eigenvalue weighted by molar-refractivity contribution is 0.102. The number of nitrogens with zero attached hydrogens (tertiary/aromatic N) is 5. The zero-order valence-electron chi connectivity index (χ0n) is 12.3. The highest BCUT2D eigenvalue weighted by atomic mass is 35.5. The molecule has 0 saturated carbocycles. The molecule has 0 saturated heterocycles. The molecule has 0 fully saturated rings. The first-order valence-electron chi connectivity index (χ1n) is 6.99. The van der Waals surface area contributed by atoms with Crippen molar-refractivity contribution in [3.05, 3.63) is 57.9 Å². The van der Waals surface area contributed by atoms with Crippen LogP contribution >= 0.6 is 34.5 Å². The van der Waals surface area contributed by atoms with E-state index in [0.29, 0.717) is 15.0 Å². The van der Waals surface area contributed by atoms with Crippen LogP contribution in [-0.2, 0) is 0 Å². The van der Waals surface area contributed by atoms with Gasteiger partial charge in [0.2, 0.25) is 4.96 Å². The molecule has 3 heterocycles. The van der Waals surface area contributed by atoms with E-state index in [1.54, 1.807) is 16.6 Å². The van der Waals surface area contributed by atoms with E-state index in [1.165, 1.54) is 29.9 Å². The second kappa shape index (κ2) is 6.40. The second-order valence-corrected chi connectivity index (χ2v) is 6.60. The number of aromatic nitrogens is 5. The molecular formula is C15H8Cl2N6OS. The van der Waals surface area contributed by atoms with Gasteiger partial charge in [0.05, 0.1) is 16.9 Å². The molecule has 1 N–H and O–H groups in total. The quantitative estimate of drug-likeness (QED) is 0.574. The number of rotatable bonds is 3. The van der Waals surface area contributed by atoms with Crippen molar-refractivity contribution in [1.29, 1.82) is 0 Å².